The Balaban J connectivity index is 1.41. The fraction of sp³-hybridized carbons (Fsp3) is 0.310. The normalized spacial score (nSPS) is 17.9. The highest BCUT2D eigenvalue weighted by Crippen LogP contribution is 2.41. The largest absolute Gasteiger partial charge is 0.481 e. The Labute approximate surface area is 204 Å². The summed E-state index contributed by atoms with van der Waals surface area (Å²) in [5.41, 5.74) is 3.68. The van der Waals surface area contributed by atoms with Crippen molar-refractivity contribution in [2.75, 3.05) is 11.9 Å². The average Bonchev–Trinajstić information content (AvgIpc) is 3.72. The summed E-state index contributed by atoms with van der Waals surface area (Å²) in [5.74, 6) is 0.186. The third-order valence-electron chi connectivity index (χ3n) is 6.70. The lowest BCUT2D eigenvalue weighted by Crippen LogP contribution is -2.41. The standard InChI is InChI=1S/C29H29FN2O3/c1-2-26(28(33)31-23-10-6-9-22(30)17-23)35-24-14-13-19-15-16-32(29(34)21-11-12-21)27(25(19)18-24)20-7-4-3-5-8-20/h3-10,13-14,17-18,21,26-27H,2,11-12,15-16H2,1H3,(H,31,33). The molecular formula is C29H29FN2O3. The number of halogens is 1. The Morgan fingerprint density at radius 1 is 1.06 bits per heavy atom. The number of hydrogen-bond donors (Lipinski definition) is 1. The monoisotopic (exact) mass is 472 g/mol. The predicted octanol–water partition coefficient (Wildman–Crippen LogP) is 5.51. The number of fused-ring (bicyclic) bond motifs is 1. The Bertz CT molecular complexity index is 1230. The minimum atomic E-state index is -0.737. The lowest BCUT2D eigenvalue weighted by atomic mass is 9.87. The van der Waals surface area contributed by atoms with Crippen LogP contribution in [0.3, 0.4) is 0 Å². The van der Waals surface area contributed by atoms with Crippen LogP contribution in [0.25, 0.3) is 0 Å². The molecule has 6 heteroatoms. The van der Waals surface area contributed by atoms with Gasteiger partial charge in [-0.1, -0.05) is 49.4 Å². The number of amides is 2. The molecule has 180 valence electrons. The zero-order valence-electron chi connectivity index (χ0n) is 19.7. The summed E-state index contributed by atoms with van der Waals surface area (Å²) in [6, 6.07) is 21.6. The first-order valence-electron chi connectivity index (χ1n) is 12.2. The van der Waals surface area contributed by atoms with Gasteiger partial charge in [-0.15, -0.1) is 0 Å². The van der Waals surface area contributed by atoms with E-state index in [2.05, 4.69) is 17.4 Å². The summed E-state index contributed by atoms with van der Waals surface area (Å²) in [6.07, 6.45) is 2.43. The van der Waals surface area contributed by atoms with Crippen molar-refractivity contribution in [1.29, 1.82) is 0 Å². The highest BCUT2D eigenvalue weighted by molar-refractivity contribution is 5.94. The molecule has 3 aromatic carbocycles. The second-order valence-electron chi connectivity index (χ2n) is 9.24. The average molecular weight is 473 g/mol. The Morgan fingerprint density at radius 3 is 2.57 bits per heavy atom. The Kier molecular flexibility index (Phi) is 6.53. The molecule has 1 heterocycles. The maximum atomic E-state index is 13.5. The molecule has 2 unspecified atom stereocenters. The van der Waals surface area contributed by atoms with E-state index in [1.165, 1.54) is 17.7 Å². The second kappa shape index (κ2) is 9.90. The number of carbonyl (C=O) groups is 2. The SMILES string of the molecule is CCC(Oc1ccc2c(c1)C(c1ccccc1)N(C(=O)C1CC1)CC2)C(=O)Nc1cccc(F)c1. The van der Waals surface area contributed by atoms with Gasteiger partial charge in [-0.25, -0.2) is 4.39 Å². The summed E-state index contributed by atoms with van der Waals surface area (Å²) in [6.45, 7) is 2.56. The van der Waals surface area contributed by atoms with E-state index in [9.17, 15) is 14.0 Å². The third kappa shape index (κ3) is 5.06. The summed E-state index contributed by atoms with van der Waals surface area (Å²) in [7, 11) is 0. The Hall–Kier alpha value is -3.67. The van der Waals surface area contributed by atoms with Gasteiger partial charge in [-0.05, 0) is 72.7 Å². The molecule has 0 saturated heterocycles. The van der Waals surface area contributed by atoms with Gasteiger partial charge in [0.15, 0.2) is 6.10 Å². The molecule has 1 fully saturated rings. The maximum Gasteiger partial charge on any atom is 0.265 e. The van der Waals surface area contributed by atoms with Crippen molar-refractivity contribution in [3.05, 3.63) is 95.3 Å². The van der Waals surface area contributed by atoms with E-state index in [1.54, 1.807) is 12.1 Å². The molecule has 0 spiro atoms. The van der Waals surface area contributed by atoms with Crippen LogP contribution in [0.1, 0.15) is 48.9 Å². The van der Waals surface area contributed by atoms with Crippen LogP contribution >= 0.6 is 0 Å². The van der Waals surface area contributed by atoms with Gasteiger partial charge < -0.3 is 15.0 Å². The quantitative estimate of drug-likeness (QED) is 0.494. The van der Waals surface area contributed by atoms with E-state index in [0.29, 0.717) is 24.4 Å². The van der Waals surface area contributed by atoms with Crippen LogP contribution in [-0.2, 0) is 16.0 Å². The van der Waals surface area contributed by atoms with Crippen molar-refractivity contribution < 1.29 is 18.7 Å². The molecule has 2 atom stereocenters. The molecule has 2 aliphatic rings. The summed E-state index contributed by atoms with van der Waals surface area (Å²) >= 11 is 0. The molecule has 5 rings (SSSR count). The summed E-state index contributed by atoms with van der Waals surface area (Å²) in [4.78, 5) is 28.0. The van der Waals surface area contributed by atoms with Crippen LogP contribution in [0.5, 0.6) is 5.75 Å². The first kappa shape index (κ1) is 23.1. The van der Waals surface area contributed by atoms with Crippen LogP contribution in [0.4, 0.5) is 10.1 Å². The number of rotatable bonds is 7. The zero-order valence-corrected chi connectivity index (χ0v) is 19.7. The number of nitrogens with one attached hydrogen (secondary N) is 1. The van der Waals surface area contributed by atoms with Gasteiger partial charge in [-0.2, -0.15) is 0 Å². The van der Waals surface area contributed by atoms with E-state index < -0.39 is 11.9 Å². The minimum Gasteiger partial charge on any atom is -0.481 e. The van der Waals surface area contributed by atoms with Crippen LogP contribution in [0.15, 0.2) is 72.8 Å². The van der Waals surface area contributed by atoms with Crippen molar-refractivity contribution in [1.82, 2.24) is 4.90 Å². The lowest BCUT2D eigenvalue weighted by Gasteiger charge is -2.38. The molecule has 0 radical (unpaired) electrons. The molecule has 0 aromatic heterocycles. The van der Waals surface area contributed by atoms with E-state index in [1.807, 2.05) is 48.2 Å². The molecule has 0 bridgehead atoms. The smallest absolute Gasteiger partial charge is 0.265 e. The predicted molar refractivity (Wildman–Crippen MR) is 133 cm³/mol. The van der Waals surface area contributed by atoms with Crippen LogP contribution < -0.4 is 10.1 Å². The number of hydrogen-bond acceptors (Lipinski definition) is 3. The van der Waals surface area contributed by atoms with Crippen molar-refractivity contribution in [3.63, 3.8) is 0 Å². The molecule has 1 aliphatic heterocycles. The van der Waals surface area contributed by atoms with Crippen molar-refractivity contribution >= 4 is 17.5 Å². The lowest BCUT2D eigenvalue weighted by molar-refractivity contribution is -0.134. The molecular weight excluding hydrogens is 443 g/mol. The summed E-state index contributed by atoms with van der Waals surface area (Å²) in [5, 5.41) is 2.74. The van der Waals surface area contributed by atoms with Gasteiger partial charge in [0.1, 0.15) is 11.6 Å². The van der Waals surface area contributed by atoms with Gasteiger partial charge in [0.2, 0.25) is 5.91 Å². The van der Waals surface area contributed by atoms with Gasteiger partial charge >= 0.3 is 0 Å². The first-order chi connectivity index (χ1) is 17.0. The van der Waals surface area contributed by atoms with Crippen molar-refractivity contribution in [2.45, 2.75) is 44.8 Å². The van der Waals surface area contributed by atoms with E-state index >= 15 is 0 Å². The third-order valence-corrected chi connectivity index (χ3v) is 6.70. The van der Waals surface area contributed by atoms with Crippen LogP contribution in [0, 0.1) is 11.7 Å². The number of nitrogens with zero attached hydrogens (tertiary/aromatic N) is 1. The molecule has 1 saturated carbocycles. The topological polar surface area (TPSA) is 58.6 Å². The zero-order chi connectivity index (χ0) is 24.4. The number of benzene rings is 3. The van der Waals surface area contributed by atoms with E-state index in [4.69, 9.17) is 4.74 Å². The van der Waals surface area contributed by atoms with Crippen LogP contribution in [0.2, 0.25) is 0 Å². The van der Waals surface area contributed by atoms with E-state index in [-0.39, 0.29) is 23.8 Å². The number of ether oxygens (including phenoxy) is 1. The van der Waals surface area contributed by atoms with Gasteiger partial charge in [0, 0.05) is 18.2 Å². The highest BCUT2D eigenvalue weighted by Gasteiger charge is 2.39. The molecule has 35 heavy (non-hydrogen) atoms. The maximum absolute atomic E-state index is 13.5. The van der Waals surface area contributed by atoms with Gasteiger partial charge in [-0.3, -0.25) is 9.59 Å². The summed E-state index contributed by atoms with van der Waals surface area (Å²) < 4.78 is 19.6. The highest BCUT2D eigenvalue weighted by atomic mass is 19.1. The van der Waals surface area contributed by atoms with Crippen molar-refractivity contribution in [2.24, 2.45) is 5.92 Å². The fourth-order valence-corrected chi connectivity index (χ4v) is 4.74. The minimum absolute atomic E-state index is 0.137. The number of anilines is 1. The molecule has 1 aliphatic carbocycles. The first-order valence-corrected chi connectivity index (χ1v) is 12.2. The molecule has 1 N–H and O–H groups in total. The molecule has 3 aromatic rings. The Morgan fingerprint density at radius 2 is 1.86 bits per heavy atom. The van der Waals surface area contributed by atoms with Gasteiger partial charge in [0.25, 0.3) is 5.91 Å². The van der Waals surface area contributed by atoms with Crippen molar-refractivity contribution in [3.8, 4) is 5.75 Å². The molecule has 5 nitrogen and oxygen atoms in total. The number of carbonyl (C=O) groups excluding carboxylic acids is 2. The van der Waals surface area contributed by atoms with Gasteiger partial charge in [0.05, 0.1) is 6.04 Å². The van der Waals surface area contributed by atoms with Crippen LogP contribution in [-0.4, -0.2) is 29.4 Å². The van der Waals surface area contributed by atoms with E-state index in [0.717, 1.165) is 30.4 Å². The molecule has 2 amide bonds. The fourth-order valence-electron chi connectivity index (χ4n) is 4.74. The second-order valence-corrected chi connectivity index (χ2v) is 9.24.